The molecule has 0 radical (unpaired) electrons. The zero-order valence-electron chi connectivity index (χ0n) is 13.2. The Morgan fingerprint density at radius 1 is 1.25 bits per heavy atom. The van der Waals surface area contributed by atoms with Gasteiger partial charge in [0.25, 0.3) is 0 Å². The van der Waals surface area contributed by atoms with Crippen molar-refractivity contribution in [2.75, 3.05) is 0 Å². The Bertz CT molecular complexity index is 398. The van der Waals surface area contributed by atoms with E-state index in [-0.39, 0.29) is 11.9 Å². The normalized spacial score (nSPS) is 28.0. The van der Waals surface area contributed by atoms with Crippen molar-refractivity contribution in [3.63, 3.8) is 0 Å². The highest BCUT2D eigenvalue weighted by Gasteiger charge is 2.47. The lowest BCUT2D eigenvalue weighted by Gasteiger charge is -2.42. The highest BCUT2D eigenvalue weighted by molar-refractivity contribution is 5.85. The minimum Gasteiger partial charge on any atom is -0.481 e. The lowest BCUT2D eigenvalue weighted by Crippen LogP contribution is -2.60. The van der Waals surface area contributed by atoms with Gasteiger partial charge in [0.1, 0.15) is 0 Å². The van der Waals surface area contributed by atoms with Crippen LogP contribution in [-0.4, -0.2) is 28.6 Å². The van der Waals surface area contributed by atoms with Crippen LogP contribution in [0.1, 0.15) is 60.3 Å². The molecule has 20 heavy (non-hydrogen) atoms. The van der Waals surface area contributed by atoms with E-state index in [1.807, 2.05) is 13.8 Å². The van der Waals surface area contributed by atoms with E-state index in [0.29, 0.717) is 12.8 Å². The topological polar surface area (TPSA) is 92.4 Å². The largest absolute Gasteiger partial charge is 0.481 e. The van der Waals surface area contributed by atoms with Crippen LogP contribution in [0.25, 0.3) is 0 Å². The van der Waals surface area contributed by atoms with Crippen LogP contribution in [0.15, 0.2) is 0 Å². The van der Waals surface area contributed by atoms with Gasteiger partial charge in [0.2, 0.25) is 5.91 Å². The van der Waals surface area contributed by atoms with Gasteiger partial charge < -0.3 is 16.2 Å². The molecule has 5 heteroatoms. The van der Waals surface area contributed by atoms with Crippen molar-refractivity contribution in [1.29, 1.82) is 0 Å². The number of rotatable bonds is 4. The maximum absolute atomic E-state index is 12.5. The molecule has 116 valence electrons. The second-order valence-corrected chi connectivity index (χ2v) is 7.34. The molecule has 0 aliphatic heterocycles. The summed E-state index contributed by atoms with van der Waals surface area (Å²) in [5.41, 5.74) is 3.75. The lowest BCUT2D eigenvalue weighted by molar-refractivity contribution is -0.152. The summed E-state index contributed by atoms with van der Waals surface area (Å²) in [6, 6.07) is -0.331. The fourth-order valence-electron chi connectivity index (χ4n) is 2.45. The highest BCUT2D eigenvalue weighted by Crippen LogP contribution is 2.37. The molecule has 1 aliphatic rings. The van der Waals surface area contributed by atoms with E-state index < -0.39 is 22.3 Å². The van der Waals surface area contributed by atoms with Gasteiger partial charge in [-0.1, -0.05) is 12.8 Å². The van der Waals surface area contributed by atoms with Gasteiger partial charge in [0.05, 0.1) is 10.8 Å². The average molecular weight is 284 g/mol. The summed E-state index contributed by atoms with van der Waals surface area (Å²) in [4.78, 5) is 24.0. The number of hydrogen-bond donors (Lipinski definition) is 3. The highest BCUT2D eigenvalue weighted by atomic mass is 16.4. The van der Waals surface area contributed by atoms with Gasteiger partial charge in [-0.3, -0.25) is 9.59 Å². The van der Waals surface area contributed by atoms with Gasteiger partial charge in [-0.15, -0.1) is 0 Å². The summed E-state index contributed by atoms with van der Waals surface area (Å²) in [6.07, 6.45) is 3.14. The maximum atomic E-state index is 12.5. The van der Waals surface area contributed by atoms with Crippen LogP contribution >= 0.6 is 0 Å². The molecule has 1 amide bonds. The third kappa shape index (κ3) is 2.97. The summed E-state index contributed by atoms with van der Waals surface area (Å²) in [5, 5.41) is 12.4. The number of carbonyl (C=O) groups is 2. The molecule has 0 spiro atoms. The first-order valence-electron chi connectivity index (χ1n) is 7.26. The summed E-state index contributed by atoms with van der Waals surface area (Å²) in [6.45, 7) is 8.93. The first kappa shape index (κ1) is 17.0. The number of nitrogens with one attached hydrogen (secondary N) is 1. The maximum Gasteiger partial charge on any atom is 0.311 e. The fraction of sp³-hybridized carbons (Fsp3) is 0.867. The molecule has 0 heterocycles. The van der Waals surface area contributed by atoms with Gasteiger partial charge in [-0.25, -0.2) is 0 Å². The third-order valence-electron chi connectivity index (χ3n) is 5.18. The van der Waals surface area contributed by atoms with Crippen molar-refractivity contribution >= 4 is 11.9 Å². The van der Waals surface area contributed by atoms with Crippen LogP contribution in [0.4, 0.5) is 0 Å². The molecule has 0 saturated heterocycles. The molecule has 0 aromatic carbocycles. The molecule has 4 N–H and O–H groups in total. The Kier molecular flexibility index (Phi) is 4.54. The number of hydrogen-bond acceptors (Lipinski definition) is 3. The fourth-order valence-corrected chi connectivity index (χ4v) is 2.45. The number of aliphatic carboxylic acids is 1. The first-order valence-corrected chi connectivity index (χ1v) is 7.26. The van der Waals surface area contributed by atoms with E-state index in [0.717, 1.165) is 12.8 Å². The SMILES string of the molecule is CC1(C(=O)O)CCCCC1NC(=O)C(C)(C)C(C)(C)N. The van der Waals surface area contributed by atoms with Crippen molar-refractivity contribution < 1.29 is 14.7 Å². The van der Waals surface area contributed by atoms with Crippen LogP contribution < -0.4 is 11.1 Å². The molecular weight excluding hydrogens is 256 g/mol. The molecule has 1 aliphatic carbocycles. The van der Waals surface area contributed by atoms with Crippen molar-refractivity contribution in [2.45, 2.75) is 71.9 Å². The Morgan fingerprint density at radius 3 is 2.25 bits per heavy atom. The Labute approximate surface area is 121 Å². The van der Waals surface area contributed by atoms with E-state index >= 15 is 0 Å². The Morgan fingerprint density at radius 2 is 1.80 bits per heavy atom. The monoisotopic (exact) mass is 284 g/mol. The van der Waals surface area contributed by atoms with Crippen molar-refractivity contribution in [3.05, 3.63) is 0 Å². The summed E-state index contributed by atoms with van der Waals surface area (Å²) >= 11 is 0. The molecule has 0 aromatic heterocycles. The number of amides is 1. The minimum absolute atomic E-state index is 0.177. The first-order chi connectivity index (χ1) is 8.93. The van der Waals surface area contributed by atoms with Gasteiger partial charge in [0, 0.05) is 11.6 Å². The zero-order valence-corrected chi connectivity index (χ0v) is 13.2. The zero-order chi connectivity index (χ0) is 15.8. The molecule has 5 nitrogen and oxygen atoms in total. The van der Waals surface area contributed by atoms with Gasteiger partial charge in [-0.05, 0) is 47.5 Å². The molecule has 2 unspecified atom stereocenters. The predicted octanol–water partition coefficient (Wildman–Crippen LogP) is 1.90. The Hall–Kier alpha value is -1.10. The van der Waals surface area contributed by atoms with E-state index in [9.17, 15) is 14.7 Å². The van der Waals surface area contributed by atoms with Gasteiger partial charge in [-0.2, -0.15) is 0 Å². The minimum atomic E-state index is -0.886. The predicted molar refractivity (Wildman–Crippen MR) is 78.2 cm³/mol. The van der Waals surface area contributed by atoms with Crippen LogP contribution in [0.2, 0.25) is 0 Å². The van der Waals surface area contributed by atoms with E-state index in [4.69, 9.17) is 5.73 Å². The van der Waals surface area contributed by atoms with E-state index in [1.165, 1.54) is 0 Å². The number of carboxylic acids is 1. The summed E-state index contributed by atoms with van der Waals surface area (Å²) in [7, 11) is 0. The van der Waals surface area contributed by atoms with Crippen molar-refractivity contribution in [2.24, 2.45) is 16.6 Å². The second kappa shape index (κ2) is 5.35. The molecule has 1 saturated carbocycles. The van der Waals surface area contributed by atoms with E-state index in [2.05, 4.69) is 5.32 Å². The van der Waals surface area contributed by atoms with Gasteiger partial charge in [0.15, 0.2) is 0 Å². The third-order valence-corrected chi connectivity index (χ3v) is 5.18. The Balaban J connectivity index is 2.91. The summed E-state index contributed by atoms with van der Waals surface area (Å²) < 4.78 is 0. The number of nitrogens with two attached hydrogens (primary N) is 1. The molecule has 2 atom stereocenters. The lowest BCUT2D eigenvalue weighted by atomic mass is 9.70. The number of carboxylic acid groups (broad SMARTS) is 1. The smallest absolute Gasteiger partial charge is 0.311 e. The van der Waals surface area contributed by atoms with Crippen LogP contribution in [-0.2, 0) is 9.59 Å². The van der Waals surface area contributed by atoms with Crippen molar-refractivity contribution in [3.8, 4) is 0 Å². The summed E-state index contributed by atoms with van der Waals surface area (Å²) in [5.74, 6) is -1.02. The van der Waals surface area contributed by atoms with Crippen LogP contribution in [0.3, 0.4) is 0 Å². The molecular formula is C15H28N2O3. The molecule has 1 fully saturated rings. The van der Waals surface area contributed by atoms with Crippen molar-refractivity contribution in [1.82, 2.24) is 5.32 Å². The standard InChI is InChI=1S/C15H28N2O3/c1-13(2,14(3,4)16)11(18)17-10-8-6-7-9-15(10,5)12(19)20/h10H,6-9,16H2,1-5H3,(H,17,18)(H,19,20). The van der Waals surface area contributed by atoms with Crippen LogP contribution in [0, 0.1) is 10.8 Å². The molecule has 0 aromatic rings. The van der Waals surface area contributed by atoms with Gasteiger partial charge >= 0.3 is 5.97 Å². The average Bonchev–Trinajstić information content (AvgIpc) is 2.30. The number of carbonyl (C=O) groups excluding carboxylic acids is 1. The second-order valence-electron chi connectivity index (χ2n) is 7.34. The van der Waals surface area contributed by atoms with Crippen LogP contribution in [0.5, 0.6) is 0 Å². The molecule has 1 rings (SSSR count). The van der Waals surface area contributed by atoms with E-state index in [1.54, 1.807) is 20.8 Å². The quantitative estimate of drug-likeness (QED) is 0.735. The molecule has 0 bridgehead atoms.